The molecule has 1 amide bonds. The number of carbonyl (C=O) groups excluding carboxylic acids is 2. The molecule has 2 aromatic rings. The van der Waals surface area contributed by atoms with Gasteiger partial charge < -0.3 is 19.5 Å². The molecular weight excluding hydrogens is 370 g/mol. The monoisotopic (exact) mass is 399 g/mol. The molecule has 0 heterocycles. The fourth-order valence-electron chi connectivity index (χ4n) is 3.02. The van der Waals surface area contributed by atoms with Crippen LogP contribution < -0.4 is 10.1 Å². The Bertz CT molecular complexity index is 825. The number of esters is 1. The van der Waals surface area contributed by atoms with E-state index < -0.39 is 5.97 Å². The molecule has 0 spiro atoms. The summed E-state index contributed by atoms with van der Waals surface area (Å²) in [7, 11) is 1.56. The van der Waals surface area contributed by atoms with E-state index in [-0.39, 0.29) is 12.5 Å². The van der Waals surface area contributed by atoms with Gasteiger partial charge in [-0.05, 0) is 49.1 Å². The lowest BCUT2D eigenvalue weighted by atomic mass is 10.0. The summed E-state index contributed by atoms with van der Waals surface area (Å²) in [6, 6.07) is 10.9. The molecule has 0 aromatic heterocycles. The Hall–Kier alpha value is -2.86. The van der Waals surface area contributed by atoms with Crippen molar-refractivity contribution < 1.29 is 23.8 Å². The Morgan fingerprint density at radius 3 is 2.24 bits per heavy atom. The van der Waals surface area contributed by atoms with Crippen LogP contribution in [0.15, 0.2) is 36.4 Å². The van der Waals surface area contributed by atoms with Crippen LogP contribution in [-0.2, 0) is 33.7 Å². The zero-order valence-electron chi connectivity index (χ0n) is 17.5. The van der Waals surface area contributed by atoms with Gasteiger partial charge in [-0.2, -0.15) is 0 Å². The number of nitrogens with one attached hydrogen (secondary N) is 1. The van der Waals surface area contributed by atoms with Crippen LogP contribution in [0, 0.1) is 0 Å². The van der Waals surface area contributed by atoms with Crippen LogP contribution in [-0.4, -0.2) is 32.2 Å². The molecule has 0 aliphatic rings. The van der Waals surface area contributed by atoms with Crippen molar-refractivity contribution in [2.24, 2.45) is 0 Å². The minimum Gasteiger partial charge on any atom is -0.496 e. The quantitative estimate of drug-likeness (QED) is 0.608. The Morgan fingerprint density at radius 1 is 0.966 bits per heavy atom. The molecule has 0 fully saturated rings. The predicted octanol–water partition coefficient (Wildman–Crippen LogP) is 4.15. The topological polar surface area (TPSA) is 73.9 Å². The van der Waals surface area contributed by atoms with E-state index >= 15 is 0 Å². The van der Waals surface area contributed by atoms with E-state index in [9.17, 15) is 9.59 Å². The molecule has 0 radical (unpaired) electrons. The standard InChI is InChI=1S/C23H29NO5/c1-5-16-9-8-10-17(6-2)22(16)24-21(25)15-29-23(26)18-11-12-20(27-4)19(13-18)14-28-7-3/h8-13H,5-7,14-15H2,1-4H3,(H,24,25). The summed E-state index contributed by atoms with van der Waals surface area (Å²) >= 11 is 0. The molecule has 6 heteroatoms. The lowest BCUT2D eigenvalue weighted by Crippen LogP contribution is -2.22. The van der Waals surface area contributed by atoms with Crippen molar-refractivity contribution in [1.29, 1.82) is 0 Å². The van der Waals surface area contributed by atoms with Gasteiger partial charge in [0.1, 0.15) is 5.75 Å². The van der Waals surface area contributed by atoms with Crippen molar-refractivity contribution in [2.75, 3.05) is 25.6 Å². The van der Waals surface area contributed by atoms with Crippen molar-refractivity contribution in [3.8, 4) is 5.75 Å². The number of anilines is 1. The van der Waals surface area contributed by atoms with Crippen molar-refractivity contribution in [3.05, 3.63) is 58.7 Å². The van der Waals surface area contributed by atoms with E-state index in [0.29, 0.717) is 24.5 Å². The lowest BCUT2D eigenvalue weighted by Gasteiger charge is -2.14. The van der Waals surface area contributed by atoms with Crippen LogP contribution in [0.25, 0.3) is 0 Å². The molecule has 0 saturated heterocycles. The van der Waals surface area contributed by atoms with Crippen LogP contribution in [0.3, 0.4) is 0 Å². The molecule has 1 N–H and O–H groups in total. The average molecular weight is 399 g/mol. The Balaban J connectivity index is 2.03. The number of amides is 1. The van der Waals surface area contributed by atoms with Gasteiger partial charge in [0.2, 0.25) is 0 Å². The molecule has 0 saturated carbocycles. The number of carbonyl (C=O) groups is 2. The van der Waals surface area contributed by atoms with Gasteiger partial charge >= 0.3 is 5.97 Å². The minimum absolute atomic E-state index is 0.328. The number of para-hydroxylation sites is 1. The first kappa shape index (κ1) is 22.4. The predicted molar refractivity (Wildman–Crippen MR) is 112 cm³/mol. The van der Waals surface area contributed by atoms with Gasteiger partial charge in [-0.3, -0.25) is 4.79 Å². The molecule has 29 heavy (non-hydrogen) atoms. The summed E-state index contributed by atoms with van der Waals surface area (Å²) in [5.74, 6) is -0.298. The van der Waals surface area contributed by atoms with Gasteiger partial charge in [-0.15, -0.1) is 0 Å². The van der Waals surface area contributed by atoms with Gasteiger partial charge in [0, 0.05) is 17.9 Å². The Morgan fingerprint density at radius 2 is 1.66 bits per heavy atom. The van der Waals surface area contributed by atoms with E-state index in [1.807, 2.05) is 39.0 Å². The first-order chi connectivity index (χ1) is 14.0. The van der Waals surface area contributed by atoms with Crippen LogP contribution in [0.5, 0.6) is 5.75 Å². The number of hydrogen-bond acceptors (Lipinski definition) is 5. The number of methoxy groups -OCH3 is 1. The van der Waals surface area contributed by atoms with Crippen LogP contribution in [0.4, 0.5) is 5.69 Å². The van der Waals surface area contributed by atoms with Crippen molar-refractivity contribution in [3.63, 3.8) is 0 Å². The highest BCUT2D eigenvalue weighted by Crippen LogP contribution is 2.23. The number of rotatable bonds is 10. The minimum atomic E-state index is -0.569. The maximum atomic E-state index is 12.4. The average Bonchev–Trinajstić information content (AvgIpc) is 2.75. The Kier molecular flexibility index (Phi) is 8.68. The molecule has 0 unspecified atom stereocenters. The van der Waals surface area contributed by atoms with Gasteiger partial charge in [0.05, 0.1) is 19.3 Å². The third-order valence-electron chi connectivity index (χ3n) is 4.58. The van der Waals surface area contributed by atoms with Crippen LogP contribution in [0.1, 0.15) is 47.8 Å². The second kappa shape index (κ2) is 11.2. The molecule has 2 rings (SSSR count). The smallest absolute Gasteiger partial charge is 0.338 e. The summed E-state index contributed by atoms with van der Waals surface area (Å²) in [6.45, 7) is 6.49. The molecule has 0 aliphatic heterocycles. The number of aryl methyl sites for hydroxylation is 2. The van der Waals surface area contributed by atoms with Crippen molar-refractivity contribution in [2.45, 2.75) is 40.2 Å². The normalized spacial score (nSPS) is 10.5. The molecule has 6 nitrogen and oxygen atoms in total. The second-order valence-electron chi connectivity index (χ2n) is 6.45. The van der Waals surface area contributed by atoms with E-state index in [1.54, 1.807) is 25.3 Å². The fourth-order valence-corrected chi connectivity index (χ4v) is 3.02. The molecule has 156 valence electrons. The van der Waals surface area contributed by atoms with Crippen LogP contribution in [0.2, 0.25) is 0 Å². The number of ether oxygens (including phenoxy) is 3. The molecular formula is C23H29NO5. The third-order valence-corrected chi connectivity index (χ3v) is 4.58. The summed E-state index contributed by atoms with van der Waals surface area (Å²) in [6.07, 6.45) is 1.61. The highest BCUT2D eigenvalue weighted by atomic mass is 16.5. The van der Waals surface area contributed by atoms with Gasteiger partial charge in [0.15, 0.2) is 6.61 Å². The lowest BCUT2D eigenvalue weighted by molar-refractivity contribution is -0.119. The summed E-state index contributed by atoms with van der Waals surface area (Å²) < 4.78 is 15.9. The number of hydrogen-bond donors (Lipinski definition) is 1. The van der Waals surface area contributed by atoms with E-state index in [4.69, 9.17) is 14.2 Å². The maximum absolute atomic E-state index is 12.4. The third kappa shape index (κ3) is 6.06. The summed E-state index contributed by atoms with van der Waals surface area (Å²) in [5.41, 5.74) is 4.01. The van der Waals surface area contributed by atoms with Gasteiger partial charge in [-0.1, -0.05) is 32.0 Å². The zero-order chi connectivity index (χ0) is 21.2. The highest BCUT2D eigenvalue weighted by molar-refractivity contribution is 5.96. The van der Waals surface area contributed by atoms with E-state index in [0.717, 1.165) is 35.2 Å². The summed E-state index contributed by atoms with van der Waals surface area (Å²) in [4.78, 5) is 24.8. The molecule has 0 aliphatic carbocycles. The molecule has 0 bridgehead atoms. The fraction of sp³-hybridized carbons (Fsp3) is 0.391. The highest BCUT2D eigenvalue weighted by Gasteiger charge is 2.15. The second-order valence-corrected chi connectivity index (χ2v) is 6.45. The first-order valence-electron chi connectivity index (χ1n) is 9.86. The maximum Gasteiger partial charge on any atom is 0.338 e. The summed E-state index contributed by atoms with van der Waals surface area (Å²) in [5, 5.41) is 2.89. The van der Waals surface area contributed by atoms with E-state index in [1.165, 1.54) is 0 Å². The van der Waals surface area contributed by atoms with Crippen LogP contribution >= 0.6 is 0 Å². The molecule has 2 aromatic carbocycles. The van der Waals surface area contributed by atoms with Gasteiger partial charge in [0.25, 0.3) is 5.91 Å². The van der Waals surface area contributed by atoms with Gasteiger partial charge in [-0.25, -0.2) is 4.79 Å². The molecule has 0 atom stereocenters. The largest absolute Gasteiger partial charge is 0.496 e. The first-order valence-corrected chi connectivity index (χ1v) is 9.86. The zero-order valence-corrected chi connectivity index (χ0v) is 17.5. The van der Waals surface area contributed by atoms with Crippen molar-refractivity contribution >= 4 is 17.6 Å². The number of benzene rings is 2. The Labute approximate surface area is 172 Å². The van der Waals surface area contributed by atoms with Crippen molar-refractivity contribution in [1.82, 2.24) is 0 Å². The SMILES string of the molecule is CCOCc1cc(C(=O)OCC(=O)Nc2c(CC)cccc2CC)ccc1OC. The van der Waals surface area contributed by atoms with E-state index in [2.05, 4.69) is 5.32 Å².